The lowest BCUT2D eigenvalue weighted by atomic mass is 9.89. The van der Waals surface area contributed by atoms with Crippen LogP contribution in [-0.2, 0) is 11.3 Å². The summed E-state index contributed by atoms with van der Waals surface area (Å²) in [6.07, 6.45) is 6.95. The topological polar surface area (TPSA) is 54.9 Å². The van der Waals surface area contributed by atoms with Gasteiger partial charge in [0.15, 0.2) is 0 Å². The molecule has 1 aromatic heterocycles. The molecule has 1 saturated carbocycles. The lowest BCUT2D eigenvalue weighted by Gasteiger charge is -2.20. The molecule has 1 fully saturated rings. The third-order valence-electron chi connectivity index (χ3n) is 4.28. The number of hydrogen-bond acceptors (Lipinski definition) is 3. The van der Waals surface area contributed by atoms with E-state index in [0.717, 1.165) is 42.6 Å². The molecule has 0 saturated heterocycles. The van der Waals surface area contributed by atoms with Gasteiger partial charge in [0, 0.05) is 11.5 Å². The summed E-state index contributed by atoms with van der Waals surface area (Å²) >= 11 is 0. The van der Waals surface area contributed by atoms with Crippen molar-refractivity contribution in [3.05, 3.63) is 48.2 Å². The van der Waals surface area contributed by atoms with Gasteiger partial charge in [-0.25, -0.2) is 14.4 Å². The Morgan fingerprint density at radius 1 is 1.13 bits per heavy atom. The van der Waals surface area contributed by atoms with E-state index in [4.69, 9.17) is 0 Å². The molecule has 1 N–H and O–H groups in total. The van der Waals surface area contributed by atoms with Gasteiger partial charge in [-0.05, 0) is 43.2 Å². The maximum Gasteiger partial charge on any atom is 0.223 e. The zero-order valence-electron chi connectivity index (χ0n) is 13.0. The van der Waals surface area contributed by atoms with Crippen LogP contribution in [0.1, 0.15) is 37.8 Å². The molecule has 120 valence electrons. The Hall–Kier alpha value is -2.30. The molecule has 5 heteroatoms. The molecule has 0 bridgehead atoms. The van der Waals surface area contributed by atoms with Gasteiger partial charge >= 0.3 is 0 Å². The second-order valence-corrected chi connectivity index (χ2v) is 5.95. The summed E-state index contributed by atoms with van der Waals surface area (Å²) in [6.45, 7) is 0.395. The fraction of sp³-hybridized carbons (Fsp3) is 0.389. The van der Waals surface area contributed by atoms with E-state index >= 15 is 0 Å². The van der Waals surface area contributed by atoms with Crippen molar-refractivity contribution in [3.8, 4) is 11.3 Å². The summed E-state index contributed by atoms with van der Waals surface area (Å²) in [5.74, 6) is -0.0171. The van der Waals surface area contributed by atoms with Crippen LogP contribution in [0.5, 0.6) is 0 Å². The number of rotatable bonds is 4. The third kappa shape index (κ3) is 4.12. The van der Waals surface area contributed by atoms with Crippen molar-refractivity contribution in [1.82, 2.24) is 15.3 Å². The Morgan fingerprint density at radius 3 is 2.61 bits per heavy atom. The third-order valence-corrected chi connectivity index (χ3v) is 4.28. The Bertz CT molecular complexity index is 666. The number of hydrogen-bond donors (Lipinski definition) is 1. The maximum absolute atomic E-state index is 13.0. The molecule has 2 aromatic rings. The monoisotopic (exact) mass is 313 g/mol. The maximum atomic E-state index is 13.0. The number of benzene rings is 1. The molecule has 0 aliphatic heterocycles. The van der Waals surface area contributed by atoms with Gasteiger partial charge in [0.1, 0.15) is 12.1 Å². The molecule has 23 heavy (non-hydrogen) atoms. The van der Waals surface area contributed by atoms with Crippen LogP contribution in [0.2, 0.25) is 0 Å². The van der Waals surface area contributed by atoms with Crippen LogP contribution in [0.15, 0.2) is 36.7 Å². The highest BCUT2D eigenvalue weighted by molar-refractivity contribution is 5.78. The molecule has 1 amide bonds. The van der Waals surface area contributed by atoms with Gasteiger partial charge in [0.05, 0.1) is 17.9 Å². The van der Waals surface area contributed by atoms with E-state index < -0.39 is 0 Å². The SMILES string of the molecule is O=C(NCc1cc(-c2ccc(F)cc2)ncn1)C1CCCCC1. The van der Waals surface area contributed by atoms with E-state index in [0.29, 0.717) is 6.54 Å². The first-order valence-corrected chi connectivity index (χ1v) is 8.07. The molecule has 0 spiro atoms. The molecule has 0 atom stereocenters. The Balaban J connectivity index is 1.63. The second-order valence-electron chi connectivity index (χ2n) is 5.95. The van der Waals surface area contributed by atoms with Crippen molar-refractivity contribution >= 4 is 5.91 Å². The number of halogens is 1. The van der Waals surface area contributed by atoms with Gasteiger partial charge in [-0.3, -0.25) is 4.79 Å². The molecular formula is C18H20FN3O. The first kappa shape index (κ1) is 15.6. The van der Waals surface area contributed by atoms with Gasteiger partial charge in [-0.2, -0.15) is 0 Å². The van der Waals surface area contributed by atoms with Crippen LogP contribution < -0.4 is 5.32 Å². The van der Waals surface area contributed by atoms with Crippen molar-refractivity contribution in [3.63, 3.8) is 0 Å². The largest absolute Gasteiger partial charge is 0.350 e. The quantitative estimate of drug-likeness (QED) is 0.940. The molecule has 3 rings (SSSR count). The predicted molar refractivity (Wildman–Crippen MR) is 85.8 cm³/mol. The summed E-state index contributed by atoms with van der Waals surface area (Å²) in [6, 6.07) is 8.00. The fourth-order valence-corrected chi connectivity index (χ4v) is 2.96. The van der Waals surface area contributed by atoms with E-state index in [1.807, 2.05) is 6.07 Å². The summed E-state index contributed by atoms with van der Waals surface area (Å²) in [5.41, 5.74) is 2.30. The van der Waals surface area contributed by atoms with E-state index in [9.17, 15) is 9.18 Å². The molecule has 0 radical (unpaired) electrons. The first-order valence-electron chi connectivity index (χ1n) is 8.07. The molecule has 1 aliphatic carbocycles. The average molecular weight is 313 g/mol. The molecule has 1 aliphatic rings. The standard InChI is InChI=1S/C18H20FN3O/c19-15-8-6-13(7-9-15)17-10-16(21-12-22-17)11-20-18(23)14-4-2-1-3-5-14/h6-10,12,14H,1-5,11H2,(H,20,23). The molecule has 4 nitrogen and oxygen atoms in total. The fourth-order valence-electron chi connectivity index (χ4n) is 2.96. The van der Waals surface area contributed by atoms with Gasteiger partial charge in [0.25, 0.3) is 0 Å². The number of nitrogens with zero attached hydrogens (tertiary/aromatic N) is 2. The lowest BCUT2D eigenvalue weighted by molar-refractivity contribution is -0.126. The number of amides is 1. The highest BCUT2D eigenvalue weighted by Crippen LogP contribution is 2.23. The minimum Gasteiger partial charge on any atom is -0.350 e. The van der Waals surface area contributed by atoms with E-state index in [1.165, 1.54) is 24.9 Å². The molecule has 1 aromatic carbocycles. The van der Waals surface area contributed by atoms with Crippen molar-refractivity contribution in [2.24, 2.45) is 5.92 Å². The lowest BCUT2D eigenvalue weighted by Crippen LogP contribution is -2.31. The smallest absolute Gasteiger partial charge is 0.223 e. The van der Waals surface area contributed by atoms with E-state index in [2.05, 4.69) is 15.3 Å². The van der Waals surface area contributed by atoms with Crippen molar-refractivity contribution < 1.29 is 9.18 Å². The molecule has 0 unspecified atom stereocenters. The zero-order chi connectivity index (χ0) is 16.1. The summed E-state index contributed by atoms with van der Waals surface area (Å²) in [7, 11) is 0. The van der Waals surface area contributed by atoms with Crippen molar-refractivity contribution in [1.29, 1.82) is 0 Å². The van der Waals surface area contributed by atoms with Crippen LogP contribution in [0.4, 0.5) is 4.39 Å². The highest BCUT2D eigenvalue weighted by atomic mass is 19.1. The number of nitrogens with one attached hydrogen (secondary N) is 1. The second kappa shape index (κ2) is 7.31. The van der Waals surface area contributed by atoms with Gasteiger partial charge < -0.3 is 5.32 Å². The average Bonchev–Trinajstić information content (AvgIpc) is 2.61. The van der Waals surface area contributed by atoms with Crippen LogP contribution >= 0.6 is 0 Å². The normalized spacial score (nSPS) is 15.3. The van der Waals surface area contributed by atoms with Crippen LogP contribution in [-0.4, -0.2) is 15.9 Å². The van der Waals surface area contributed by atoms with Crippen molar-refractivity contribution in [2.45, 2.75) is 38.6 Å². The highest BCUT2D eigenvalue weighted by Gasteiger charge is 2.20. The molecular weight excluding hydrogens is 293 g/mol. The first-order chi connectivity index (χ1) is 11.2. The number of carbonyl (C=O) groups excluding carboxylic acids is 1. The van der Waals surface area contributed by atoms with Crippen LogP contribution in [0, 0.1) is 11.7 Å². The Kier molecular flexibility index (Phi) is 4.95. The Labute approximate surface area is 135 Å². The van der Waals surface area contributed by atoms with Crippen LogP contribution in [0.25, 0.3) is 11.3 Å². The summed E-state index contributed by atoms with van der Waals surface area (Å²) in [5, 5.41) is 2.97. The van der Waals surface area contributed by atoms with Gasteiger partial charge in [0.2, 0.25) is 5.91 Å². The summed E-state index contributed by atoms with van der Waals surface area (Å²) < 4.78 is 13.0. The minimum atomic E-state index is -0.275. The zero-order valence-corrected chi connectivity index (χ0v) is 13.0. The van der Waals surface area contributed by atoms with E-state index in [1.54, 1.807) is 12.1 Å². The van der Waals surface area contributed by atoms with Crippen molar-refractivity contribution in [2.75, 3.05) is 0 Å². The predicted octanol–water partition coefficient (Wildman–Crippen LogP) is 3.48. The minimum absolute atomic E-state index is 0.117. The van der Waals surface area contributed by atoms with Gasteiger partial charge in [-0.1, -0.05) is 19.3 Å². The number of aromatic nitrogens is 2. The summed E-state index contributed by atoms with van der Waals surface area (Å²) in [4.78, 5) is 20.6. The molecule has 1 heterocycles. The van der Waals surface area contributed by atoms with E-state index in [-0.39, 0.29) is 17.6 Å². The van der Waals surface area contributed by atoms with Gasteiger partial charge in [-0.15, -0.1) is 0 Å². The Morgan fingerprint density at radius 2 is 1.87 bits per heavy atom. The number of carbonyl (C=O) groups is 1. The van der Waals surface area contributed by atoms with Crippen LogP contribution in [0.3, 0.4) is 0 Å².